The molecule has 20 heavy (non-hydrogen) atoms. The molecule has 0 amide bonds. The Morgan fingerprint density at radius 1 is 1.30 bits per heavy atom. The Morgan fingerprint density at radius 3 is 2.70 bits per heavy atom. The van der Waals surface area contributed by atoms with Crippen molar-refractivity contribution >= 4 is 22.1 Å². The zero-order valence-electron chi connectivity index (χ0n) is 11.5. The van der Waals surface area contributed by atoms with Gasteiger partial charge in [0.1, 0.15) is 0 Å². The molecule has 0 unspecified atom stereocenters. The molecule has 0 aliphatic heterocycles. The van der Waals surface area contributed by atoms with Crippen LogP contribution in [0.2, 0.25) is 0 Å². The molecule has 0 radical (unpaired) electrons. The number of thiazole rings is 1. The van der Waals surface area contributed by atoms with Crippen LogP contribution >= 0.6 is 11.3 Å². The number of nitrogens with zero attached hydrogens (tertiary/aromatic N) is 2. The molecular formula is C16H16N2OS. The summed E-state index contributed by atoms with van der Waals surface area (Å²) in [6, 6.07) is 7.89. The Kier molecular flexibility index (Phi) is 3.40. The van der Waals surface area contributed by atoms with Crippen LogP contribution in [-0.2, 0) is 6.42 Å². The van der Waals surface area contributed by atoms with Crippen LogP contribution in [0.15, 0.2) is 42.0 Å². The van der Waals surface area contributed by atoms with E-state index in [1.807, 2.05) is 46.4 Å². The number of carbonyl (C=O) groups is 1. The first-order chi connectivity index (χ1) is 9.63. The third kappa shape index (κ3) is 2.51. The number of benzene rings is 1. The average Bonchev–Trinajstić information content (AvgIpc) is 2.99. The van der Waals surface area contributed by atoms with Crippen molar-refractivity contribution in [2.45, 2.75) is 26.2 Å². The number of imidazole rings is 1. The molecule has 0 saturated heterocycles. The molecule has 0 saturated carbocycles. The van der Waals surface area contributed by atoms with Gasteiger partial charge in [-0.05, 0) is 11.5 Å². The molecular weight excluding hydrogens is 268 g/mol. The highest BCUT2D eigenvalue weighted by Gasteiger charge is 2.11. The molecule has 0 N–H and O–H groups in total. The van der Waals surface area contributed by atoms with Crippen LogP contribution in [0.5, 0.6) is 0 Å². The van der Waals surface area contributed by atoms with Gasteiger partial charge < -0.3 is 0 Å². The third-order valence-electron chi connectivity index (χ3n) is 3.38. The maximum absolute atomic E-state index is 12.2. The third-order valence-corrected chi connectivity index (χ3v) is 4.15. The number of rotatable bonds is 4. The van der Waals surface area contributed by atoms with Gasteiger partial charge in [-0.3, -0.25) is 9.20 Å². The second-order valence-corrected chi connectivity index (χ2v) is 6.07. The molecule has 0 spiro atoms. The minimum Gasteiger partial charge on any atom is -0.297 e. The molecule has 0 aliphatic rings. The number of Topliss-reactive ketones (excluding diaryl/α,β-unsaturated/α-hetero) is 1. The van der Waals surface area contributed by atoms with Gasteiger partial charge in [-0.2, -0.15) is 0 Å². The summed E-state index contributed by atoms with van der Waals surface area (Å²) in [6.45, 7) is 4.29. The molecule has 102 valence electrons. The van der Waals surface area contributed by atoms with Crippen molar-refractivity contribution in [3.8, 4) is 0 Å². The summed E-state index contributed by atoms with van der Waals surface area (Å²) >= 11 is 1.58. The minimum atomic E-state index is 0.117. The SMILES string of the molecule is CC(C)c1ccc(C(=O)Cc2cn3ccsc3n2)cc1. The lowest BCUT2D eigenvalue weighted by Gasteiger charge is -2.05. The molecule has 0 aliphatic carbocycles. The van der Waals surface area contributed by atoms with E-state index in [0.29, 0.717) is 12.3 Å². The van der Waals surface area contributed by atoms with Crippen molar-refractivity contribution in [3.05, 3.63) is 58.9 Å². The van der Waals surface area contributed by atoms with Crippen LogP contribution in [0.25, 0.3) is 4.96 Å². The highest BCUT2D eigenvalue weighted by Crippen LogP contribution is 2.17. The van der Waals surface area contributed by atoms with Crippen LogP contribution in [0.4, 0.5) is 0 Å². The predicted molar refractivity (Wildman–Crippen MR) is 81.6 cm³/mol. The predicted octanol–water partition coefficient (Wildman–Crippen LogP) is 3.94. The normalized spacial score (nSPS) is 11.3. The van der Waals surface area contributed by atoms with Crippen molar-refractivity contribution in [1.82, 2.24) is 9.38 Å². The monoisotopic (exact) mass is 284 g/mol. The minimum absolute atomic E-state index is 0.117. The molecule has 1 aromatic carbocycles. The Bertz CT molecular complexity index is 709. The van der Waals surface area contributed by atoms with Gasteiger partial charge in [0.2, 0.25) is 0 Å². The van der Waals surface area contributed by atoms with E-state index in [9.17, 15) is 4.79 Å². The molecule has 3 aromatic rings. The van der Waals surface area contributed by atoms with Gasteiger partial charge in [-0.1, -0.05) is 38.1 Å². The van der Waals surface area contributed by atoms with Gasteiger partial charge in [-0.25, -0.2) is 4.98 Å². The first-order valence-corrected chi connectivity index (χ1v) is 7.55. The molecule has 0 bridgehead atoms. The van der Waals surface area contributed by atoms with Gasteiger partial charge in [-0.15, -0.1) is 11.3 Å². The topological polar surface area (TPSA) is 34.4 Å². The van der Waals surface area contributed by atoms with Crippen molar-refractivity contribution in [2.24, 2.45) is 0 Å². The fourth-order valence-electron chi connectivity index (χ4n) is 2.18. The van der Waals surface area contributed by atoms with E-state index in [0.717, 1.165) is 16.2 Å². The standard InChI is InChI=1S/C16H16N2OS/c1-11(2)12-3-5-13(6-4-12)15(19)9-14-10-18-7-8-20-16(18)17-14/h3-8,10-11H,9H2,1-2H3. The lowest BCUT2D eigenvalue weighted by Crippen LogP contribution is -2.04. The van der Waals surface area contributed by atoms with Crippen molar-refractivity contribution in [1.29, 1.82) is 0 Å². The lowest BCUT2D eigenvalue weighted by molar-refractivity contribution is 0.0992. The van der Waals surface area contributed by atoms with E-state index < -0.39 is 0 Å². The van der Waals surface area contributed by atoms with Crippen molar-refractivity contribution < 1.29 is 4.79 Å². The highest BCUT2D eigenvalue weighted by atomic mass is 32.1. The van der Waals surface area contributed by atoms with Crippen LogP contribution in [0.1, 0.15) is 41.4 Å². The second kappa shape index (κ2) is 5.21. The number of aromatic nitrogens is 2. The summed E-state index contributed by atoms with van der Waals surface area (Å²) in [5.41, 5.74) is 2.84. The summed E-state index contributed by atoms with van der Waals surface area (Å²) < 4.78 is 1.95. The number of fused-ring (bicyclic) bond motifs is 1. The Labute approximate surface area is 121 Å². The second-order valence-electron chi connectivity index (χ2n) is 5.20. The Morgan fingerprint density at radius 2 is 2.05 bits per heavy atom. The van der Waals surface area contributed by atoms with Gasteiger partial charge in [0, 0.05) is 23.3 Å². The van der Waals surface area contributed by atoms with E-state index in [1.165, 1.54) is 5.56 Å². The summed E-state index contributed by atoms with van der Waals surface area (Å²) in [7, 11) is 0. The molecule has 0 fully saturated rings. The molecule has 2 aromatic heterocycles. The molecule has 4 heteroatoms. The van der Waals surface area contributed by atoms with Crippen molar-refractivity contribution in [3.63, 3.8) is 0 Å². The van der Waals surface area contributed by atoms with E-state index in [-0.39, 0.29) is 5.78 Å². The van der Waals surface area contributed by atoms with Crippen LogP contribution in [0.3, 0.4) is 0 Å². The maximum Gasteiger partial charge on any atom is 0.193 e. The summed E-state index contributed by atoms with van der Waals surface area (Å²) in [6.07, 6.45) is 4.24. The fourth-order valence-corrected chi connectivity index (χ4v) is 2.90. The molecule has 2 heterocycles. The Balaban J connectivity index is 1.77. The highest BCUT2D eigenvalue weighted by molar-refractivity contribution is 7.15. The largest absolute Gasteiger partial charge is 0.297 e. The number of hydrogen-bond donors (Lipinski definition) is 0. The van der Waals surface area contributed by atoms with E-state index in [1.54, 1.807) is 11.3 Å². The van der Waals surface area contributed by atoms with Crippen LogP contribution < -0.4 is 0 Å². The first kappa shape index (κ1) is 13.1. The van der Waals surface area contributed by atoms with Crippen LogP contribution in [0, 0.1) is 0 Å². The van der Waals surface area contributed by atoms with Crippen LogP contribution in [-0.4, -0.2) is 15.2 Å². The average molecular weight is 284 g/mol. The zero-order chi connectivity index (χ0) is 14.1. The number of ketones is 1. The molecule has 3 nitrogen and oxygen atoms in total. The first-order valence-electron chi connectivity index (χ1n) is 6.68. The lowest BCUT2D eigenvalue weighted by atomic mass is 9.99. The van der Waals surface area contributed by atoms with E-state index in [2.05, 4.69) is 18.8 Å². The smallest absolute Gasteiger partial charge is 0.193 e. The Hall–Kier alpha value is -1.94. The van der Waals surface area contributed by atoms with Gasteiger partial charge >= 0.3 is 0 Å². The van der Waals surface area contributed by atoms with E-state index >= 15 is 0 Å². The van der Waals surface area contributed by atoms with Gasteiger partial charge in [0.05, 0.1) is 12.1 Å². The fraction of sp³-hybridized carbons (Fsp3) is 0.250. The van der Waals surface area contributed by atoms with Gasteiger partial charge in [0.25, 0.3) is 0 Å². The van der Waals surface area contributed by atoms with Gasteiger partial charge in [0.15, 0.2) is 10.7 Å². The quantitative estimate of drug-likeness (QED) is 0.680. The summed E-state index contributed by atoms with van der Waals surface area (Å²) in [4.78, 5) is 17.6. The zero-order valence-corrected chi connectivity index (χ0v) is 12.4. The summed E-state index contributed by atoms with van der Waals surface area (Å²) in [5.74, 6) is 0.602. The number of carbonyl (C=O) groups excluding carboxylic acids is 1. The summed E-state index contributed by atoms with van der Waals surface area (Å²) in [5, 5.41) is 1.98. The maximum atomic E-state index is 12.2. The molecule has 0 atom stereocenters. The number of hydrogen-bond acceptors (Lipinski definition) is 3. The van der Waals surface area contributed by atoms with E-state index in [4.69, 9.17) is 0 Å². The van der Waals surface area contributed by atoms with Crippen molar-refractivity contribution in [2.75, 3.05) is 0 Å². The molecule has 3 rings (SSSR count).